The van der Waals surface area contributed by atoms with Crippen molar-refractivity contribution in [1.82, 2.24) is 5.32 Å². The summed E-state index contributed by atoms with van der Waals surface area (Å²) in [5.41, 5.74) is 0.545. The molecule has 1 heterocycles. The molecule has 0 saturated carbocycles. The molecule has 0 spiro atoms. The van der Waals surface area contributed by atoms with Crippen LogP contribution in [0.25, 0.3) is 0 Å². The van der Waals surface area contributed by atoms with E-state index in [1.807, 2.05) is 6.92 Å². The summed E-state index contributed by atoms with van der Waals surface area (Å²) in [5, 5.41) is 13.5. The number of rotatable bonds is 5. The Bertz CT molecular complexity index is 583. The maximum atomic E-state index is 13.5. The Labute approximate surface area is 109 Å². The fourth-order valence-corrected chi connectivity index (χ4v) is 1.75. The minimum Gasteiger partial charge on any atom is -0.404 e. The molecule has 0 saturated heterocycles. The third-order valence-corrected chi connectivity index (χ3v) is 2.78. The predicted octanol–water partition coefficient (Wildman–Crippen LogP) is 3.18. The first-order valence-corrected chi connectivity index (χ1v) is 5.79. The molecule has 0 aliphatic heterocycles. The molecule has 1 aromatic heterocycles. The van der Waals surface area contributed by atoms with Gasteiger partial charge in [-0.25, -0.2) is 4.39 Å². The zero-order valence-corrected chi connectivity index (χ0v) is 10.3. The maximum Gasteiger partial charge on any atom is 0.433 e. The lowest BCUT2D eigenvalue weighted by molar-refractivity contribution is -0.402. The Kier molecular flexibility index (Phi) is 3.91. The predicted molar refractivity (Wildman–Crippen MR) is 67.0 cm³/mol. The number of halogens is 1. The summed E-state index contributed by atoms with van der Waals surface area (Å²) < 4.78 is 18.5. The summed E-state index contributed by atoms with van der Waals surface area (Å²) in [6.07, 6.45) is 0. The number of nitrogens with zero attached hydrogens (tertiary/aromatic N) is 1. The first kappa shape index (κ1) is 13.2. The largest absolute Gasteiger partial charge is 0.433 e. The van der Waals surface area contributed by atoms with Gasteiger partial charge in [0.25, 0.3) is 0 Å². The fraction of sp³-hybridized carbons (Fsp3) is 0.231. The minimum atomic E-state index is -0.593. The molecule has 0 aliphatic carbocycles. The number of hydrogen-bond donors (Lipinski definition) is 1. The van der Waals surface area contributed by atoms with Crippen LogP contribution in [0.4, 0.5) is 10.3 Å². The minimum absolute atomic E-state index is 0.217. The molecule has 1 aromatic carbocycles. The Morgan fingerprint density at radius 1 is 1.37 bits per heavy atom. The van der Waals surface area contributed by atoms with E-state index < -0.39 is 4.92 Å². The van der Waals surface area contributed by atoms with Crippen LogP contribution in [0.3, 0.4) is 0 Å². The first-order valence-electron chi connectivity index (χ1n) is 5.79. The smallest absolute Gasteiger partial charge is 0.404 e. The van der Waals surface area contributed by atoms with E-state index >= 15 is 0 Å². The van der Waals surface area contributed by atoms with Crippen LogP contribution in [0.15, 0.2) is 40.8 Å². The van der Waals surface area contributed by atoms with Gasteiger partial charge in [-0.1, -0.05) is 18.2 Å². The topological polar surface area (TPSA) is 68.3 Å². The quantitative estimate of drug-likeness (QED) is 0.665. The second-order valence-corrected chi connectivity index (χ2v) is 4.12. The van der Waals surface area contributed by atoms with Crippen molar-refractivity contribution in [2.45, 2.75) is 19.5 Å². The summed E-state index contributed by atoms with van der Waals surface area (Å²) >= 11 is 0. The zero-order chi connectivity index (χ0) is 13.8. The van der Waals surface area contributed by atoms with E-state index in [0.717, 1.165) is 0 Å². The number of nitrogens with one attached hydrogen (secondary N) is 1. The molecule has 2 rings (SSSR count). The molecule has 2 aromatic rings. The van der Waals surface area contributed by atoms with Crippen LogP contribution in [-0.2, 0) is 6.54 Å². The van der Waals surface area contributed by atoms with Crippen molar-refractivity contribution in [2.75, 3.05) is 0 Å². The van der Waals surface area contributed by atoms with Gasteiger partial charge in [0.05, 0.1) is 12.6 Å². The molecule has 0 amide bonds. The van der Waals surface area contributed by atoms with Crippen LogP contribution in [0.5, 0.6) is 0 Å². The van der Waals surface area contributed by atoms with Gasteiger partial charge in [-0.3, -0.25) is 10.1 Å². The highest BCUT2D eigenvalue weighted by molar-refractivity contribution is 5.21. The molecule has 5 nitrogen and oxygen atoms in total. The third kappa shape index (κ3) is 3.17. The number of benzene rings is 1. The third-order valence-electron chi connectivity index (χ3n) is 2.78. The first-order chi connectivity index (χ1) is 9.08. The van der Waals surface area contributed by atoms with Crippen molar-refractivity contribution in [3.63, 3.8) is 0 Å². The van der Waals surface area contributed by atoms with Gasteiger partial charge in [-0.2, -0.15) is 0 Å². The molecule has 100 valence electrons. The van der Waals surface area contributed by atoms with Crippen molar-refractivity contribution in [3.8, 4) is 0 Å². The number of furan rings is 1. The van der Waals surface area contributed by atoms with E-state index in [2.05, 4.69) is 5.32 Å². The van der Waals surface area contributed by atoms with Crippen molar-refractivity contribution in [1.29, 1.82) is 0 Å². The van der Waals surface area contributed by atoms with Gasteiger partial charge < -0.3 is 9.73 Å². The molecule has 0 unspecified atom stereocenters. The van der Waals surface area contributed by atoms with Gasteiger partial charge in [0.1, 0.15) is 16.5 Å². The molecule has 1 N–H and O–H groups in total. The average molecular weight is 264 g/mol. The van der Waals surface area contributed by atoms with Crippen molar-refractivity contribution in [2.24, 2.45) is 0 Å². The lowest BCUT2D eigenvalue weighted by atomic mass is 10.1. The summed E-state index contributed by atoms with van der Waals surface area (Å²) in [5.74, 6) is -0.141. The van der Waals surface area contributed by atoms with Crippen molar-refractivity contribution >= 4 is 5.88 Å². The van der Waals surface area contributed by atoms with E-state index in [1.165, 1.54) is 18.2 Å². The standard InChI is InChI=1S/C13H13FN2O3/c1-9(11-4-2-3-5-12(11)14)15-8-10-6-7-13(19-10)16(17)18/h2-7,9,15H,8H2,1H3/t9-/m1/s1. The molecular formula is C13H13FN2O3. The summed E-state index contributed by atoms with van der Waals surface area (Å²) in [4.78, 5) is 9.87. The van der Waals surface area contributed by atoms with E-state index in [1.54, 1.807) is 18.2 Å². The lowest BCUT2D eigenvalue weighted by Crippen LogP contribution is -2.18. The van der Waals surface area contributed by atoms with Crippen LogP contribution in [0.2, 0.25) is 0 Å². The van der Waals surface area contributed by atoms with E-state index in [-0.39, 0.29) is 17.7 Å². The lowest BCUT2D eigenvalue weighted by Gasteiger charge is -2.13. The molecule has 0 bridgehead atoms. The van der Waals surface area contributed by atoms with Gasteiger partial charge in [0.2, 0.25) is 0 Å². The number of nitro groups is 1. The number of hydrogen-bond acceptors (Lipinski definition) is 4. The van der Waals surface area contributed by atoms with E-state index in [4.69, 9.17) is 4.42 Å². The van der Waals surface area contributed by atoms with Crippen molar-refractivity contribution in [3.05, 3.63) is 63.7 Å². The van der Waals surface area contributed by atoms with Crippen LogP contribution in [0.1, 0.15) is 24.3 Å². The zero-order valence-electron chi connectivity index (χ0n) is 10.3. The van der Waals surface area contributed by atoms with Crippen molar-refractivity contribution < 1.29 is 13.7 Å². The molecule has 0 fully saturated rings. The average Bonchev–Trinajstić information content (AvgIpc) is 2.85. The highest BCUT2D eigenvalue weighted by Gasteiger charge is 2.14. The van der Waals surface area contributed by atoms with Gasteiger partial charge >= 0.3 is 5.88 Å². The van der Waals surface area contributed by atoms with E-state index in [9.17, 15) is 14.5 Å². The molecule has 1 atom stereocenters. The molecule has 19 heavy (non-hydrogen) atoms. The molecule has 0 radical (unpaired) electrons. The second kappa shape index (κ2) is 5.62. The SMILES string of the molecule is C[C@@H](NCc1ccc([N+](=O)[O-])o1)c1ccccc1F. The normalized spacial score (nSPS) is 12.3. The summed E-state index contributed by atoms with van der Waals surface area (Å²) in [7, 11) is 0. The summed E-state index contributed by atoms with van der Waals surface area (Å²) in [6, 6.07) is 9.08. The Balaban J connectivity index is 1.98. The van der Waals surface area contributed by atoms with Crippen LogP contribution >= 0.6 is 0 Å². The van der Waals surface area contributed by atoms with Gasteiger partial charge in [0, 0.05) is 11.6 Å². The van der Waals surface area contributed by atoms with Crippen LogP contribution < -0.4 is 5.32 Å². The monoisotopic (exact) mass is 264 g/mol. The maximum absolute atomic E-state index is 13.5. The fourth-order valence-electron chi connectivity index (χ4n) is 1.75. The summed E-state index contributed by atoms with van der Waals surface area (Å²) in [6.45, 7) is 2.11. The van der Waals surface area contributed by atoms with Gasteiger partial charge in [0.15, 0.2) is 0 Å². The van der Waals surface area contributed by atoms with E-state index in [0.29, 0.717) is 17.9 Å². The van der Waals surface area contributed by atoms with Gasteiger partial charge in [-0.15, -0.1) is 0 Å². The second-order valence-electron chi connectivity index (χ2n) is 4.12. The Morgan fingerprint density at radius 3 is 2.74 bits per heavy atom. The Hall–Kier alpha value is -2.21. The molecule has 0 aliphatic rings. The van der Waals surface area contributed by atoms with Crippen LogP contribution in [0, 0.1) is 15.9 Å². The molecular weight excluding hydrogens is 251 g/mol. The Morgan fingerprint density at radius 2 is 2.11 bits per heavy atom. The highest BCUT2D eigenvalue weighted by Crippen LogP contribution is 2.19. The van der Waals surface area contributed by atoms with Gasteiger partial charge in [-0.05, 0) is 19.1 Å². The molecule has 6 heteroatoms. The highest BCUT2D eigenvalue weighted by atomic mass is 19.1. The van der Waals surface area contributed by atoms with Crippen LogP contribution in [-0.4, -0.2) is 4.92 Å².